The van der Waals surface area contributed by atoms with Crippen LogP contribution in [0.5, 0.6) is 0 Å². The van der Waals surface area contributed by atoms with Crippen LogP contribution in [-0.2, 0) is 29.5 Å². The molecule has 0 bridgehead atoms. The Kier molecular flexibility index (Phi) is 6.73. The van der Waals surface area contributed by atoms with Crippen molar-refractivity contribution in [2.45, 2.75) is 101 Å². The van der Waals surface area contributed by atoms with Gasteiger partial charge in [0, 0.05) is 29.7 Å². The molecule has 1 spiro atoms. The molecule has 1 N–H and O–H groups in total. The zero-order valence-electron chi connectivity index (χ0n) is 24.6. The summed E-state index contributed by atoms with van der Waals surface area (Å²) in [5.74, 6) is -1.37. The summed E-state index contributed by atoms with van der Waals surface area (Å²) in [5, 5.41) is 12.2. The second-order valence-electron chi connectivity index (χ2n) is 13.8. The van der Waals surface area contributed by atoms with Crippen molar-refractivity contribution in [2.24, 2.45) is 17.3 Å². The molecule has 6 aliphatic rings. The van der Waals surface area contributed by atoms with E-state index in [2.05, 4.69) is 19.1 Å². The average molecular weight is 591 g/mol. The average Bonchev–Trinajstić information content (AvgIpc) is 3.66. The van der Waals surface area contributed by atoms with Gasteiger partial charge in [0.15, 0.2) is 11.6 Å². The smallest absolute Gasteiger partial charge is 0.342 e. The van der Waals surface area contributed by atoms with Crippen molar-refractivity contribution in [3.63, 3.8) is 0 Å². The minimum Gasteiger partial charge on any atom is -0.460 e. The maximum Gasteiger partial charge on any atom is 0.342 e. The van der Waals surface area contributed by atoms with Gasteiger partial charge in [-0.1, -0.05) is 36.8 Å². The highest BCUT2D eigenvalue weighted by Crippen LogP contribution is 2.69. The first-order valence-corrected chi connectivity index (χ1v) is 15.4. The molecule has 0 radical (unpaired) electrons. The normalized spacial score (nSPS) is 40.0. The zero-order chi connectivity index (χ0) is 29.5. The fourth-order valence-corrected chi connectivity index (χ4v) is 9.62. The summed E-state index contributed by atoms with van der Waals surface area (Å²) < 4.78 is 70.2. The molecule has 0 aromatic heterocycles. The second kappa shape index (κ2) is 9.80. The van der Waals surface area contributed by atoms with Gasteiger partial charge in [-0.05, 0) is 75.3 Å². The van der Waals surface area contributed by atoms with Gasteiger partial charge in [-0.2, -0.15) is 13.2 Å². The minimum absolute atomic E-state index is 0.0897. The largest absolute Gasteiger partial charge is 0.460 e. The summed E-state index contributed by atoms with van der Waals surface area (Å²) in [6.45, 7) is 7.95. The van der Waals surface area contributed by atoms with Crippen molar-refractivity contribution in [1.29, 1.82) is 0 Å². The lowest BCUT2D eigenvalue weighted by Gasteiger charge is -2.57. The lowest BCUT2D eigenvalue weighted by Crippen LogP contribution is -2.55. The van der Waals surface area contributed by atoms with Crippen LogP contribution >= 0.6 is 0 Å². The van der Waals surface area contributed by atoms with Crippen molar-refractivity contribution >= 4 is 0 Å². The standard InChI is InChI=1S/C33H41F3O6/c1-29-18-23(20-4-6-21(7-5-20)31(3)38-14-15-39-31)26-22(24(29)9-11-30(29,2)42-28(36)27(34)35)8-12-32(37)19-33(13-10-25(26)32)40-16-17-41-33/h4-7,22-24,37H,8-19H2,1-3H3/t22?,23-,24?,29+,30+,32-/m1/s1. The zero-order valence-corrected chi connectivity index (χ0v) is 24.6. The van der Waals surface area contributed by atoms with E-state index in [-0.39, 0.29) is 17.8 Å². The van der Waals surface area contributed by atoms with E-state index in [4.69, 9.17) is 23.7 Å². The summed E-state index contributed by atoms with van der Waals surface area (Å²) in [4.78, 5) is 0. The highest BCUT2D eigenvalue weighted by Gasteiger charge is 2.65. The fourth-order valence-electron chi connectivity index (χ4n) is 9.62. The van der Waals surface area contributed by atoms with Crippen molar-refractivity contribution in [1.82, 2.24) is 0 Å². The van der Waals surface area contributed by atoms with Crippen molar-refractivity contribution in [3.8, 4) is 0 Å². The van der Waals surface area contributed by atoms with Crippen LogP contribution in [0.3, 0.4) is 0 Å². The lowest BCUT2D eigenvalue weighted by atomic mass is 9.50. The quantitative estimate of drug-likeness (QED) is 0.301. The summed E-state index contributed by atoms with van der Waals surface area (Å²) in [6, 6.07) is 6.49. The van der Waals surface area contributed by atoms with Gasteiger partial charge in [0.2, 0.25) is 0 Å². The van der Waals surface area contributed by atoms with E-state index in [1.807, 2.05) is 19.1 Å². The number of halogens is 3. The van der Waals surface area contributed by atoms with Gasteiger partial charge in [0.05, 0.1) is 32.0 Å². The maximum absolute atomic E-state index is 14.4. The van der Waals surface area contributed by atoms with E-state index in [0.717, 1.165) is 29.5 Å². The third-order valence-electron chi connectivity index (χ3n) is 11.9. The highest BCUT2D eigenvalue weighted by molar-refractivity contribution is 5.44. The van der Waals surface area contributed by atoms with Crippen LogP contribution in [0.2, 0.25) is 0 Å². The Hall–Kier alpha value is -1.91. The van der Waals surface area contributed by atoms with Crippen molar-refractivity contribution < 1.29 is 42.0 Å². The Morgan fingerprint density at radius 3 is 2.21 bits per heavy atom. The van der Waals surface area contributed by atoms with Gasteiger partial charge >= 0.3 is 12.1 Å². The van der Waals surface area contributed by atoms with Gasteiger partial charge in [-0.25, -0.2) is 0 Å². The minimum atomic E-state index is -2.42. The van der Waals surface area contributed by atoms with Crippen molar-refractivity contribution in [2.75, 3.05) is 26.4 Å². The molecule has 7 rings (SSSR count). The predicted octanol–water partition coefficient (Wildman–Crippen LogP) is 6.98. The summed E-state index contributed by atoms with van der Waals surface area (Å²) >= 11 is 0. The second-order valence-corrected chi connectivity index (χ2v) is 13.8. The Morgan fingerprint density at radius 1 is 0.881 bits per heavy atom. The topological polar surface area (TPSA) is 66.4 Å². The van der Waals surface area contributed by atoms with Gasteiger partial charge < -0.3 is 28.8 Å². The van der Waals surface area contributed by atoms with E-state index < -0.39 is 40.3 Å². The molecule has 230 valence electrons. The Balaban J connectivity index is 1.32. The van der Waals surface area contributed by atoms with Crippen molar-refractivity contribution in [3.05, 3.63) is 58.6 Å². The van der Waals surface area contributed by atoms with Gasteiger partial charge in [0.1, 0.15) is 5.60 Å². The lowest BCUT2D eigenvalue weighted by molar-refractivity contribution is -0.208. The molecule has 1 aromatic rings. The van der Waals surface area contributed by atoms with Crippen LogP contribution in [0.15, 0.2) is 47.5 Å². The molecule has 9 heteroatoms. The molecule has 3 saturated carbocycles. The molecular formula is C33H41F3O6. The Labute approximate surface area is 245 Å². The number of allylic oxidation sites excluding steroid dienone is 1. The first-order valence-electron chi connectivity index (χ1n) is 15.4. The van der Waals surface area contributed by atoms with Crippen LogP contribution < -0.4 is 0 Å². The van der Waals surface area contributed by atoms with Crippen LogP contribution in [0, 0.1) is 17.3 Å². The predicted molar refractivity (Wildman–Crippen MR) is 147 cm³/mol. The molecular weight excluding hydrogens is 549 g/mol. The maximum atomic E-state index is 14.4. The number of rotatable bonds is 4. The van der Waals surface area contributed by atoms with E-state index in [0.29, 0.717) is 65.0 Å². The van der Waals surface area contributed by atoms with Crippen LogP contribution in [-0.4, -0.2) is 48.5 Å². The Bertz CT molecular complexity index is 1300. The summed E-state index contributed by atoms with van der Waals surface area (Å²) in [7, 11) is 0. The monoisotopic (exact) mass is 590 g/mol. The molecule has 4 aliphatic carbocycles. The van der Waals surface area contributed by atoms with E-state index in [1.165, 1.54) is 5.57 Å². The molecule has 2 heterocycles. The summed E-state index contributed by atoms with van der Waals surface area (Å²) in [5.41, 5.74) is 1.68. The van der Waals surface area contributed by atoms with Crippen LogP contribution in [0.4, 0.5) is 13.2 Å². The number of aliphatic hydroxyl groups is 1. The van der Waals surface area contributed by atoms with E-state index >= 15 is 0 Å². The van der Waals surface area contributed by atoms with E-state index in [9.17, 15) is 18.3 Å². The molecule has 0 amide bonds. The first-order chi connectivity index (χ1) is 19.9. The molecule has 2 unspecified atom stereocenters. The number of hydrogen-bond donors (Lipinski definition) is 1. The number of benzene rings is 1. The fraction of sp³-hybridized carbons (Fsp3) is 0.697. The van der Waals surface area contributed by atoms with Gasteiger partial charge in [-0.3, -0.25) is 0 Å². The molecule has 42 heavy (non-hydrogen) atoms. The van der Waals surface area contributed by atoms with Gasteiger partial charge in [-0.15, -0.1) is 0 Å². The van der Waals surface area contributed by atoms with Crippen LogP contribution in [0.1, 0.15) is 89.2 Å². The third-order valence-corrected chi connectivity index (χ3v) is 11.9. The highest BCUT2D eigenvalue weighted by atomic mass is 19.3. The molecule has 5 fully saturated rings. The molecule has 1 aromatic carbocycles. The first kappa shape index (κ1) is 28.8. The summed E-state index contributed by atoms with van der Waals surface area (Å²) in [6.07, 6.45) is 2.54. The van der Waals surface area contributed by atoms with E-state index in [1.54, 1.807) is 6.92 Å². The SMILES string of the molecule is CC1(c2ccc([C@H]3C[C@@]4(C)C(CC[C@]4(C)OC(F)=C(F)F)C4CC[C@@]5(O)CC6(CCC5=C43)OCCO6)cc2)OCCO1. The molecule has 2 aliphatic heterocycles. The third kappa shape index (κ3) is 4.25. The molecule has 2 saturated heterocycles. The van der Waals surface area contributed by atoms with Gasteiger partial charge in [0.25, 0.3) is 0 Å². The molecule has 6 atom stereocenters. The number of ether oxygens (including phenoxy) is 5. The Morgan fingerprint density at radius 2 is 1.55 bits per heavy atom. The number of hydrogen-bond acceptors (Lipinski definition) is 6. The number of fused-ring (bicyclic) bond motifs is 4. The molecule has 6 nitrogen and oxygen atoms in total. The van der Waals surface area contributed by atoms with Crippen LogP contribution in [0.25, 0.3) is 0 Å².